The molecule has 1 aliphatic heterocycles. The molecule has 1 aliphatic rings. The highest BCUT2D eigenvalue weighted by molar-refractivity contribution is 6.18. The molecule has 2 aromatic rings. The maximum atomic E-state index is 12.5. The van der Waals surface area contributed by atoms with Crippen LogP contribution in [0.15, 0.2) is 54.6 Å². The summed E-state index contributed by atoms with van der Waals surface area (Å²) in [5, 5.41) is 0. The average Bonchev–Trinajstić information content (AvgIpc) is 2.48. The topological polar surface area (TPSA) is 43.4 Å². The second-order valence-corrected chi connectivity index (χ2v) is 4.89. The van der Waals surface area contributed by atoms with Gasteiger partial charge in [-0.3, -0.25) is 9.59 Å². The first-order chi connectivity index (χ1) is 9.68. The summed E-state index contributed by atoms with van der Waals surface area (Å²) in [7, 11) is 0. The van der Waals surface area contributed by atoms with Crippen LogP contribution in [-0.2, 0) is 0 Å². The normalized spacial score (nSPS) is 20.9. The molecule has 20 heavy (non-hydrogen) atoms. The molecule has 0 saturated heterocycles. The first kappa shape index (κ1) is 12.6. The zero-order valence-corrected chi connectivity index (χ0v) is 11.1. The van der Waals surface area contributed by atoms with E-state index in [2.05, 4.69) is 0 Å². The molecule has 3 heteroatoms. The van der Waals surface area contributed by atoms with Crippen molar-refractivity contribution in [3.8, 4) is 5.75 Å². The Morgan fingerprint density at radius 2 is 1.65 bits per heavy atom. The van der Waals surface area contributed by atoms with Crippen LogP contribution in [0.4, 0.5) is 0 Å². The number of carbonyl (C=O) groups excluding carboxylic acids is 2. The molecule has 0 amide bonds. The van der Waals surface area contributed by atoms with E-state index in [0.29, 0.717) is 16.9 Å². The summed E-state index contributed by atoms with van der Waals surface area (Å²) in [5.41, 5.74) is 1.03. The molecule has 1 heterocycles. The SMILES string of the molecule is C[C@@H]1Oc2ccccc2C(=O)C1C(=O)c1ccccc1. The second kappa shape index (κ2) is 4.93. The van der Waals surface area contributed by atoms with Crippen molar-refractivity contribution in [3.05, 3.63) is 65.7 Å². The molecule has 100 valence electrons. The predicted octanol–water partition coefficient (Wildman–Crippen LogP) is 3.15. The van der Waals surface area contributed by atoms with Gasteiger partial charge in [-0.05, 0) is 19.1 Å². The summed E-state index contributed by atoms with van der Waals surface area (Å²) in [4.78, 5) is 25.1. The lowest BCUT2D eigenvalue weighted by molar-refractivity contribution is 0.0606. The lowest BCUT2D eigenvalue weighted by atomic mass is 9.84. The van der Waals surface area contributed by atoms with E-state index in [-0.39, 0.29) is 11.6 Å². The fourth-order valence-corrected chi connectivity index (χ4v) is 2.54. The molecule has 0 aliphatic carbocycles. The van der Waals surface area contributed by atoms with Gasteiger partial charge in [0.1, 0.15) is 17.8 Å². The number of ketones is 2. The van der Waals surface area contributed by atoms with Gasteiger partial charge in [0, 0.05) is 5.56 Å². The first-order valence-electron chi connectivity index (χ1n) is 6.57. The number of benzene rings is 2. The Hall–Kier alpha value is -2.42. The minimum atomic E-state index is -0.771. The number of ether oxygens (including phenoxy) is 1. The highest BCUT2D eigenvalue weighted by atomic mass is 16.5. The standard InChI is InChI=1S/C17H14O3/c1-11-15(16(18)12-7-3-2-4-8-12)17(19)13-9-5-6-10-14(13)20-11/h2-11,15H,1H3/t11-,15?/m0/s1. The van der Waals surface area contributed by atoms with Crippen LogP contribution in [0.3, 0.4) is 0 Å². The monoisotopic (exact) mass is 266 g/mol. The van der Waals surface area contributed by atoms with E-state index in [1.165, 1.54) is 0 Å². The van der Waals surface area contributed by atoms with E-state index in [0.717, 1.165) is 0 Å². The number of hydrogen-bond acceptors (Lipinski definition) is 3. The van der Waals surface area contributed by atoms with Crippen molar-refractivity contribution in [2.45, 2.75) is 13.0 Å². The summed E-state index contributed by atoms with van der Waals surface area (Å²) in [6, 6.07) is 15.9. The summed E-state index contributed by atoms with van der Waals surface area (Å²) >= 11 is 0. The Bertz CT molecular complexity index is 661. The molecule has 2 aromatic carbocycles. The molecule has 0 spiro atoms. The van der Waals surface area contributed by atoms with E-state index >= 15 is 0 Å². The number of fused-ring (bicyclic) bond motifs is 1. The van der Waals surface area contributed by atoms with Crippen molar-refractivity contribution in [2.24, 2.45) is 5.92 Å². The van der Waals surface area contributed by atoms with E-state index in [1.807, 2.05) is 12.1 Å². The fraction of sp³-hybridized carbons (Fsp3) is 0.176. The molecule has 0 saturated carbocycles. The Morgan fingerprint density at radius 1 is 1.00 bits per heavy atom. The van der Waals surface area contributed by atoms with Crippen molar-refractivity contribution < 1.29 is 14.3 Å². The van der Waals surface area contributed by atoms with Crippen LogP contribution in [0.5, 0.6) is 5.75 Å². The molecule has 1 unspecified atom stereocenters. The number of para-hydroxylation sites is 1. The van der Waals surface area contributed by atoms with E-state index in [4.69, 9.17) is 4.74 Å². The number of rotatable bonds is 2. The third-order valence-electron chi connectivity index (χ3n) is 3.56. The number of hydrogen-bond donors (Lipinski definition) is 0. The summed E-state index contributed by atoms with van der Waals surface area (Å²) < 4.78 is 5.72. The van der Waals surface area contributed by atoms with Gasteiger partial charge in [-0.15, -0.1) is 0 Å². The summed E-state index contributed by atoms with van der Waals surface area (Å²) in [5.74, 6) is -0.555. The summed E-state index contributed by atoms with van der Waals surface area (Å²) in [6.07, 6.45) is -0.454. The Balaban J connectivity index is 1.99. The fourth-order valence-electron chi connectivity index (χ4n) is 2.54. The van der Waals surface area contributed by atoms with Crippen molar-refractivity contribution in [3.63, 3.8) is 0 Å². The highest BCUT2D eigenvalue weighted by Gasteiger charge is 2.39. The number of carbonyl (C=O) groups is 2. The quantitative estimate of drug-likeness (QED) is 0.619. The third-order valence-corrected chi connectivity index (χ3v) is 3.56. The average molecular weight is 266 g/mol. The summed E-state index contributed by atoms with van der Waals surface area (Å²) in [6.45, 7) is 1.76. The Kier molecular flexibility index (Phi) is 3.11. The van der Waals surface area contributed by atoms with Crippen LogP contribution in [0.25, 0.3) is 0 Å². The van der Waals surface area contributed by atoms with Gasteiger partial charge in [-0.2, -0.15) is 0 Å². The Morgan fingerprint density at radius 3 is 2.40 bits per heavy atom. The van der Waals surface area contributed by atoms with Gasteiger partial charge in [-0.25, -0.2) is 0 Å². The third kappa shape index (κ3) is 2.01. The molecule has 0 aromatic heterocycles. The van der Waals surface area contributed by atoms with E-state index in [1.54, 1.807) is 49.4 Å². The van der Waals surface area contributed by atoms with Crippen molar-refractivity contribution in [2.75, 3.05) is 0 Å². The van der Waals surface area contributed by atoms with Crippen LogP contribution in [0, 0.1) is 5.92 Å². The van der Waals surface area contributed by atoms with Gasteiger partial charge < -0.3 is 4.74 Å². The lowest BCUT2D eigenvalue weighted by Gasteiger charge is -2.29. The first-order valence-corrected chi connectivity index (χ1v) is 6.57. The smallest absolute Gasteiger partial charge is 0.181 e. The van der Waals surface area contributed by atoms with Gasteiger partial charge in [0.2, 0.25) is 0 Å². The molecule has 0 radical (unpaired) electrons. The second-order valence-electron chi connectivity index (χ2n) is 4.89. The molecule has 0 bridgehead atoms. The minimum absolute atomic E-state index is 0.159. The van der Waals surface area contributed by atoms with Gasteiger partial charge in [-0.1, -0.05) is 42.5 Å². The lowest BCUT2D eigenvalue weighted by Crippen LogP contribution is -2.40. The van der Waals surface area contributed by atoms with Crippen LogP contribution in [-0.4, -0.2) is 17.7 Å². The highest BCUT2D eigenvalue weighted by Crippen LogP contribution is 2.32. The predicted molar refractivity (Wildman–Crippen MR) is 75.1 cm³/mol. The van der Waals surface area contributed by atoms with Crippen LogP contribution in [0.1, 0.15) is 27.6 Å². The molecule has 3 rings (SSSR count). The minimum Gasteiger partial charge on any atom is -0.489 e. The maximum absolute atomic E-state index is 12.5. The maximum Gasteiger partial charge on any atom is 0.181 e. The molecule has 2 atom stereocenters. The molecule has 0 N–H and O–H groups in total. The van der Waals surface area contributed by atoms with Crippen LogP contribution < -0.4 is 4.74 Å². The number of Topliss-reactive ketones (excluding diaryl/α,β-unsaturated/α-hetero) is 2. The van der Waals surface area contributed by atoms with Gasteiger partial charge in [0.05, 0.1) is 5.56 Å². The van der Waals surface area contributed by atoms with Crippen molar-refractivity contribution in [1.29, 1.82) is 0 Å². The zero-order chi connectivity index (χ0) is 14.1. The molecular weight excluding hydrogens is 252 g/mol. The molecule has 0 fully saturated rings. The van der Waals surface area contributed by atoms with Gasteiger partial charge in [0.25, 0.3) is 0 Å². The van der Waals surface area contributed by atoms with E-state index < -0.39 is 12.0 Å². The van der Waals surface area contributed by atoms with Crippen LogP contribution >= 0.6 is 0 Å². The molecular formula is C17H14O3. The zero-order valence-electron chi connectivity index (χ0n) is 11.1. The largest absolute Gasteiger partial charge is 0.489 e. The van der Waals surface area contributed by atoms with Crippen molar-refractivity contribution in [1.82, 2.24) is 0 Å². The van der Waals surface area contributed by atoms with Gasteiger partial charge in [0.15, 0.2) is 11.6 Å². The van der Waals surface area contributed by atoms with Crippen molar-refractivity contribution >= 4 is 11.6 Å². The van der Waals surface area contributed by atoms with E-state index in [9.17, 15) is 9.59 Å². The molecule has 3 nitrogen and oxygen atoms in total. The Labute approximate surface area is 117 Å². The van der Waals surface area contributed by atoms with Gasteiger partial charge >= 0.3 is 0 Å². The van der Waals surface area contributed by atoms with Crippen LogP contribution in [0.2, 0.25) is 0 Å².